The van der Waals surface area contributed by atoms with Gasteiger partial charge in [0.15, 0.2) is 9.84 Å². The van der Waals surface area contributed by atoms with Crippen LogP contribution >= 0.6 is 11.3 Å². The van der Waals surface area contributed by atoms with E-state index in [1.807, 2.05) is 18.4 Å². The maximum atomic E-state index is 11.3. The van der Waals surface area contributed by atoms with E-state index in [4.69, 9.17) is 5.73 Å². The Labute approximate surface area is 94.2 Å². The van der Waals surface area contributed by atoms with E-state index in [0.717, 1.165) is 5.56 Å². The fourth-order valence-electron chi connectivity index (χ4n) is 2.10. The molecule has 0 radical (unpaired) electrons. The molecule has 0 amide bonds. The van der Waals surface area contributed by atoms with Gasteiger partial charge in [-0.05, 0) is 36.3 Å². The summed E-state index contributed by atoms with van der Waals surface area (Å²) in [6.07, 6.45) is 0.707. The molecular weight excluding hydrogens is 230 g/mol. The maximum absolute atomic E-state index is 11.3. The molecule has 0 spiro atoms. The predicted octanol–water partition coefficient (Wildman–Crippen LogP) is 1.49. The van der Waals surface area contributed by atoms with Crippen LogP contribution in [-0.2, 0) is 9.84 Å². The Morgan fingerprint density at radius 1 is 1.60 bits per heavy atom. The predicted molar refractivity (Wildman–Crippen MR) is 62.7 cm³/mol. The molecular formula is C10H15NO2S2. The van der Waals surface area contributed by atoms with Crippen LogP contribution in [0.15, 0.2) is 11.4 Å². The number of rotatable bonds is 2. The molecule has 0 aliphatic carbocycles. The molecule has 0 bridgehead atoms. The minimum absolute atomic E-state index is 0.100. The lowest BCUT2D eigenvalue weighted by Gasteiger charge is -2.17. The number of sulfone groups is 1. The average Bonchev–Trinajstić information content (AvgIpc) is 2.71. The van der Waals surface area contributed by atoms with Gasteiger partial charge in [0.1, 0.15) is 0 Å². The van der Waals surface area contributed by atoms with Crippen molar-refractivity contribution in [2.24, 2.45) is 11.7 Å². The molecule has 2 rings (SSSR count). The molecule has 2 heterocycles. The van der Waals surface area contributed by atoms with Crippen LogP contribution in [0.2, 0.25) is 0 Å². The summed E-state index contributed by atoms with van der Waals surface area (Å²) in [5.74, 6) is 0.654. The van der Waals surface area contributed by atoms with Crippen molar-refractivity contribution in [2.75, 3.05) is 11.5 Å². The minimum atomic E-state index is -2.82. The standard InChI is InChI=1S/C10H15NO2S2/c1-7-9(2-4-14-7)10(11)8-3-5-15(12,13)6-8/h2,4,8,10H,3,5-6,11H2,1H3. The largest absolute Gasteiger partial charge is 0.324 e. The van der Waals surface area contributed by atoms with Gasteiger partial charge < -0.3 is 5.73 Å². The third kappa shape index (κ3) is 2.24. The first kappa shape index (κ1) is 11.1. The molecule has 2 unspecified atom stereocenters. The van der Waals surface area contributed by atoms with Gasteiger partial charge in [-0.25, -0.2) is 8.42 Å². The van der Waals surface area contributed by atoms with Crippen LogP contribution in [0.5, 0.6) is 0 Å². The van der Waals surface area contributed by atoms with Gasteiger partial charge >= 0.3 is 0 Å². The monoisotopic (exact) mass is 245 g/mol. The first-order valence-corrected chi connectivity index (χ1v) is 7.70. The highest BCUT2D eigenvalue weighted by molar-refractivity contribution is 7.91. The molecule has 1 aliphatic heterocycles. The zero-order valence-electron chi connectivity index (χ0n) is 8.64. The first-order chi connectivity index (χ1) is 6.99. The lowest BCUT2D eigenvalue weighted by molar-refractivity contribution is 0.479. The SMILES string of the molecule is Cc1sccc1C(N)C1CCS(=O)(=O)C1. The highest BCUT2D eigenvalue weighted by Crippen LogP contribution is 2.32. The summed E-state index contributed by atoms with van der Waals surface area (Å²) in [7, 11) is -2.82. The van der Waals surface area contributed by atoms with E-state index in [9.17, 15) is 8.42 Å². The number of hydrogen-bond donors (Lipinski definition) is 1. The molecule has 3 nitrogen and oxygen atoms in total. The Balaban J connectivity index is 2.17. The van der Waals surface area contributed by atoms with E-state index in [1.165, 1.54) is 4.88 Å². The second-order valence-corrected chi connectivity index (χ2v) is 7.47. The molecule has 1 aliphatic rings. The number of aryl methyl sites for hydroxylation is 1. The minimum Gasteiger partial charge on any atom is -0.324 e. The van der Waals surface area contributed by atoms with Crippen molar-refractivity contribution in [1.29, 1.82) is 0 Å². The Bertz CT molecular complexity index is 450. The summed E-state index contributed by atoms with van der Waals surface area (Å²) in [5.41, 5.74) is 7.22. The van der Waals surface area contributed by atoms with Gasteiger partial charge in [-0.2, -0.15) is 0 Å². The van der Waals surface area contributed by atoms with Crippen molar-refractivity contribution in [1.82, 2.24) is 0 Å². The van der Waals surface area contributed by atoms with E-state index in [1.54, 1.807) is 11.3 Å². The fourth-order valence-corrected chi connectivity index (χ4v) is 4.72. The summed E-state index contributed by atoms with van der Waals surface area (Å²) < 4.78 is 22.7. The van der Waals surface area contributed by atoms with Gasteiger partial charge in [-0.1, -0.05) is 0 Å². The molecule has 0 aromatic carbocycles. The van der Waals surface area contributed by atoms with Crippen molar-refractivity contribution in [3.63, 3.8) is 0 Å². The molecule has 2 atom stereocenters. The topological polar surface area (TPSA) is 60.2 Å². The van der Waals surface area contributed by atoms with E-state index >= 15 is 0 Å². The molecule has 15 heavy (non-hydrogen) atoms. The summed E-state index contributed by atoms with van der Waals surface area (Å²) >= 11 is 1.66. The van der Waals surface area contributed by atoms with Crippen LogP contribution in [0.1, 0.15) is 22.9 Å². The van der Waals surface area contributed by atoms with Gasteiger partial charge in [0, 0.05) is 10.9 Å². The molecule has 0 saturated carbocycles. The van der Waals surface area contributed by atoms with Crippen molar-refractivity contribution < 1.29 is 8.42 Å². The van der Waals surface area contributed by atoms with Gasteiger partial charge in [0.25, 0.3) is 0 Å². The molecule has 2 N–H and O–H groups in total. The fraction of sp³-hybridized carbons (Fsp3) is 0.600. The van der Waals surface area contributed by atoms with Crippen LogP contribution in [0.4, 0.5) is 0 Å². The zero-order chi connectivity index (χ0) is 11.1. The zero-order valence-corrected chi connectivity index (χ0v) is 10.3. The second-order valence-electron chi connectivity index (χ2n) is 4.12. The number of nitrogens with two attached hydrogens (primary N) is 1. The Kier molecular flexibility index (Phi) is 2.87. The third-order valence-electron chi connectivity index (χ3n) is 3.03. The van der Waals surface area contributed by atoms with E-state index in [0.29, 0.717) is 12.2 Å². The molecule has 1 saturated heterocycles. The van der Waals surface area contributed by atoms with E-state index in [-0.39, 0.29) is 17.7 Å². The molecule has 84 valence electrons. The van der Waals surface area contributed by atoms with Crippen LogP contribution < -0.4 is 5.73 Å². The highest BCUT2D eigenvalue weighted by Gasteiger charge is 2.33. The maximum Gasteiger partial charge on any atom is 0.150 e. The van der Waals surface area contributed by atoms with Crippen LogP contribution in [0.25, 0.3) is 0 Å². The average molecular weight is 245 g/mol. The van der Waals surface area contributed by atoms with Gasteiger partial charge in [0.2, 0.25) is 0 Å². The number of hydrogen-bond acceptors (Lipinski definition) is 4. The van der Waals surface area contributed by atoms with Crippen LogP contribution in [-0.4, -0.2) is 19.9 Å². The van der Waals surface area contributed by atoms with E-state index in [2.05, 4.69) is 0 Å². The summed E-state index contributed by atoms with van der Waals surface area (Å²) in [4.78, 5) is 1.20. The molecule has 5 heteroatoms. The Hall–Kier alpha value is -0.390. The Morgan fingerprint density at radius 3 is 2.80 bits per heavy atom. The molecule has 1 fully saturated rings. The van der Waals surface area contributed by atoms with Crippen molar-refractivity contribution in [2.45, 2.75) is 19.4 Å². The lowest BCUT2D eigenvalue weighted by Crippen LogP contribution is -2.22. The van der Waals surface area contributed by atoms with Gasteiger partial charge in [0.05, 0.1) is 11.5 Å². The van der Waals surface area contributed by atoms with E-state index < -0.39 is 9.84 Å². The normalized spacial score (nSPS) is 26.7. The highest BCUT2D eigenvalue weighted by atomic mass is 32.2. The van der Waals surface area contributed by atoms with Crippen LogP contribution in [0.3, 0.4) is 0 Å². The quantitative estimate of drug-likeness (QED) is 0.858. The van der Waals surface area contributed by atoms with Crippen molar-refractivity contribution in [3.05, 3.63) is 21.9 Å². The smallest absolute Gasteiger partial charge is 0.150 e. The second kappa shape index (κ2) is 3.88. The number of thiophene rings is 1. The summed E-state index contributed by atoms with van der Waals surface area (Å²) in [6.45, 7) is 2.03. The molecule has 1 aromatic heterocycles. The van der Waals surface area contributed by atoms with Gasteiger partial charge in [-0.3, -0.25) is 0 Å². The van der Waals surface area contributed by atoms with Crippen molar-refractivity contribution in [3.8, 4) is 0 Å². The third-order valence-corrected chi connectivity index (χ3v) is 5.69. The summed E-state index contributed by atoms with van der Waals surface area (Å²) in [6, 6.07) is 1.89. The summed E-state index contributed by atoms with van der Waals surface area (Å²) in [5, 5.41) is 2.01. The Morgan fingerprint density at radius 2 is 2.33 bits per heavy atom. The van der Waals surface area contributed by atoms with Crippen LogP contribution in [0, 0.1) is 12.8 Å². The van der Waals surface area contributed by atoms with Crippen molar-refractivity contribution >= 4 is 21.2 Å². The molecule has 1 aromatic rings. The van der Waals surface area contributed by atoms with Gasteiger partial charge in [-0.15, -0.1) is 11.3 Å². The lowest BCUT2D eigenvalue weighted by atomic mass is 9.94. The first-order valence-electron chi connectivity index (χ1n) is 4.99.